The van der Waals surface area contributed by atoms with Gasteiger partial charge < -0.3 is 0 Å². The number of ketones is 1. The average Bonchev–Trinajstić information content (AvgIpc) is 2.46. The summed E-state index contributed by atoms with van der Waals surface area (Å²) in [5.41, 5.74) is 2.84. The molecule has 0 bridgehead atoms. The molecule has 0 saturated carbocycles. The molecule has 0 aliphatic carbocycles. The molecule has 0 heterocycles. The zero-order valence-corrected chi connectivity index (χ0v) is 14.4. The van der Waals surface area contributed by atoms with Crippen LogP contribution in [0, 0.1) is 0 Å². The van der Waals surface area contributed by atoms with Crippen molar-refractivity contribution in [3.8, 4) is 0 Å². The first kappa shape index (κ1) is 16.2. The summed E-state index contributed by atoms with van der Waals surface area (Å²) >= 11 is 6.01. The number of aryl methyl sites for hydroxylation is 1. The molecule has 0 aliphatic heterocycles. The Balaban J connectivity index is 1.92. The molecule has 0 aliphatic rings. The normalized spacial score (nSPS) is 10.4. The first-order chi connectivity index (χ1) is 10.0. The van der Waals surface area contributed by atoms with Crippen LogP contribution in [0.15, 0.2) is 53.4 Å². The summed E-state index contributed by atoms with van der Waals surface area (Å²) in [6.45, 7) is 0. The molecule has 4 heteroatoms. The van der Waals surface area contributed by atoms with Gasteiger partial charge in [0.05, 0.1) is 0 Å². The lowest BCUT2D eigenvalue weighted by atomic mass is 10.0. The molecule has 0 unspecified atom stereocenters. The van der Waals surface area contributed by atoms with E-state index >= 15 is 0 Å². The Kier molecular flexibility index (Phi) is 5.99. The summed E-state index contributed by atoms with van der Waals surface area (Å²) in [5.74, 6) is 0.134. The van der Waals surface area contributed by atoms with Gasteiger partial charge in [-0.05, 0) is 52.3 Å². The van der Waals surface area contributed by atoms with Gasteiger partial charge in [0.25, 0.3) is 0 Å². The van der Waals surface area contributed by atoms with Gasteiger partial charge in [-0.1, -0.05) is 36.4 Å². The Morgan fingerprint density at radius 2 is 1.48 bits per heavy atom. The van der Waals surface area contributed by atoms with Crippen LogP contribution in [0.4, 0.5) is 0 Å². The second-order valence-corrected chi connectivity index (χ2v) is 6.54. The Morgan fingerprint density at radius 3 is 2.05 bits per heavy atom. The largest absolute Gasteiger partial charge is 0.294 e. The van der Waals surface area contributed by atoms with Gasteiger partial charge in [0, 0.05) is 23.3 Å². The maximum absolute atomic E-state index is 12.1. The van der Waals surface area contributed by atoms with Crippen LogP contribution in [0.1, 0.15) is 27.9 Å². The Hall–Kier alpha value is -1.14. The monoisotopic (exact) mass is 410 g/mol. The van der Waals surface area contributed by atoms with Gasteiger partial charge in [0.1, 0.15) is 0 Å². The predicted molar refractivity (Wildman–Crippen MR) is 95.5 cm³/mol. The van der Waals surface area contributed by atoms with E-state index in [-0.39, 0.29) is 9.57 Å². The minimum absolute atomic E-state index is 0.128. The molecule has 0 spiro atoms. The molecular weight excluding hydrogens is 395 g/mol. The molecule has 0 saturated heterocycles. The highest BCUT2D eigenvalue weighted by atomic mass is 127. The van der Waals surface area contributed by atoms with Gasteiger partial charge in [0.2, 0.25) is 0 Å². The molecule has 2 aromatic carbocycles. The van der Waals surface area contributed by atoms with Crippen molar-refractivity contribution in [2.75, 3.05) is 0 Å². The van der Waals surface area contributed by atoms with Crippen LogP contribution in [0.3, 0.4) is 0 Å². The SMILES string of the molecule is O=C(I)Cc1ccc(CCC(=O)c2ccc(S)cc2)cc1. The highest BCUT2D eigenvalue weighted by Gasteiger charge is 2.06. The van der Waals surface area contributed by atoms with Crippen LogP contribution < -0.4 is 0 Å². The van der Waals surface area contributed by atoms with Crippen LogP contribution in [0.2, 0.25) is 0 Å². The van der Waals surface area contributed by atoms with E-state index in [4.69, 9.17) is 0 Å². The van der Waals surface area contributed by atoms with Gasteiger partial charge in [-0.25, -0.2) is 0 Å². The zero-order valence-electron chi connectivity index (χ0n) is 11.4. The maximum atomic E-state index is 12.1. The smallest absolute Gasteiger partial charge is 0.196 e. The molecule has 2 nitrogen and oxygen atoms in total. The van der Waals surface area contributed by atoms with E-state index in [9.17, 15) is 9.59 Å². The van der Waals surface area contributed by atoms with E-state index in [1.54, 1.807) is 34.7 Å². The van der Waals surface area contributed by atoms with Gasteiger partial charge >= 0.3 is 0 Å². The third kappa shape index (κ3) is 5.28. The quantitative estimate of drug-likeness (QED) is 0.334. The van der Waals surface area contributed by atoms with Crippen LogP contribution in [0.5, 0.6) is 0 Å². The van der Waals surface area contributed by atoms with Crippen molar-refractivity contribution in [2.24, 2.45) is 0 Å². The van der Waals surface area contributed by atoms with E-state index in [2.05, 4.69) is 12.6 Å². The number of halogens is 1. The van der Waals surface area contributed by atoms with Crippen molar-refractivity contribution in [3.05, 3.63) is 65.2 Å². The zero-order chi connectivity index (χ0) is 15.2. The van der Waals surface area contributed by atoms with Crippen molar-refractivity contribution in [3.63, 3.8) is 0 Å². The Labute approximate surface area is 143 Å². The van der Waals surface area contributed by atoms with Crippen molar-refractivity contribution < 1.29 is 9.59 Å². The van der Waals surface area contributed by atoms with Gasteiger partial charge in [-0.3, -0.25) is 9.59 Å². The summed E-state index contributed by atoms with van der Waals surface area (Å²) in [4.78, 5) is 24.0. The molecular formula is C17H15IO2S. The minimum Gasteiger partial charge on any atom is -0.294 e. The van der Waals surface area contributed by atoms with Gasteiger partial charge in [-0.2, -0.15) is 0 Å². The second-order valence-electron chi connectivity index (χ2n) is 4.82. The first-order valence-electron chi connectivity index (χ1n) is 6.63. The number of benzene rings is 2. The number of Topliss-reactive ketones (excluding diaryl/α,β-unsaturated/α-hetero) is 1. The Morgan fingerprint density at radius 1 is 0.905 bits per heavy atom. The number of hydrogen-bond donors (Lipinski definition) is 1. The number of rotatable bonds is 6. The highest BCUT2D eigenvalue weighted by Crippen LogP contribution is 2.13. The third-order valence-corrected chi connectivity index (χ3v) is 3.88. The number of carbonyl (C=O) groups excluding carboxylic acids is 2. The molecule has 0 N–H and O–H groups in total. The summed E-state index contributed by atoms with van der Waals surface area (Å²) in [6, 6.07) is 15.1. The second kappa shape index (κ2) is 7.75. The van der Waals surface area contributed by atoms with Crippen molar-refractivity contribution in [2.45, 2.75) is 24.2 Å². The first-order valence-corrected chi connectivity index (χ1v) is 8.15. The van der Waals surface area contributed by atoms with Crippen molar-refractivity contribution >= 4 is 44.8 Å². The molecule has 108 valence electrons. The third-order valence-electron chi connectivity index (χ3n) is 3.20. The van der Waals surface area contributed by atoms with Gasteiger partial charge in [0.15, 0.2) is 9.57 Å². The van der Waals surface area contributed by atoms with Crippen LogP contribution >= 0.6 is 35.2 Å². The maximum Gasteiger partial charge on any atom is 0.196 e. The fourth-order valence-corrected chi connectivity index (χ4v) is 2.62. The van der Waals surface area contributed by atoms with Gasteiger partial charge in [-0.15, -0.1) is 12.6 Å². The van der Waals surface area contributed by atoms with E-state index in [0.29, 0.717) is 19.3 Å². The molecule has 0 aromatic heterocycles. The fourth-order valence-electron chi connectivity index (χ4n) is 2.03. The molecule has 2 aromatic rings. The van der Waals surface area contributed by atoms with E-state index in [1.807, 2.05) is 36.4 Å². The summed E-state index contributed by atoms with van der Waals surface area (Å²) < 4.78 is 0.128. The fraction of sp³-hybridized carbons (Fsp3) is 0.176. The molecule has 21 heavy (non-hydrogen) atoms. The average molecular weight is 410 g/mol. The molecule has 0 atom stereocenters. The van der Waals surface area contributed by atoms with E-state index in [0.717, 1.165) is 21.6 Å². The topological polar surface area (TPSA) is 34.1 Å². The predicted octanol–water partition coefficient (Wildman–Crippen LogP) is 4.29. The summed E-state index contributed by atoms with van der Waals surface area (Å²) in [5, 5.41) is 0. The molecule has 2 rings (SSSR count). The number of hydrogen-bond acceptors (Lipinski definition) is 3. The Bertz CT molecular complexity index is 633. The van der Waals surface area contributed by atoms with Crippen molar-refractivity contribution in [1.82, 2.24) is 0 Å². The molecule has 0 amide bonds. The van der Waals surface area contributed by atoms with Crippen molar-refractivity contribution in [1.29, 1.82) is 0 Å². The minimum atomic E-state index is 0.128. The van der Waals surface area contributed by atoms with Crippen LogP contribution in [-0.4, -0.2) is 9.57 Å². The molecule has 0 radical (unpaired) electrons. The van der Waals surface area contributed by atoms with E-state index < -0.39 is 0 Å². The summed E-state index contributed by atoms with van der Waals surface area (Å²) in [6.07, 6.45) is 1.65. The summed E-state index contributed by atoms with van der Waals surface area (Å²) in [7, 11) is 0. The number of carbonyl (C=O) groups is 2. The highest BCUT2D eigenvalue weighted by molar-refractivity contribution is 14.1. The van der Waals surface area contributed by atoms with E-state index in [1.165, 1.54) is 0 Å². The lowest BCUT2D eigenvalue weighted by molar-refractivity contribution is -0.108. The lowest BCUT2D eigenvalue weighted by Gasteiger charge is -2.04. The van der Waals surface area contributed by atoms with Crippen LogP contribution in [0.25, 0.3) is 0 Å². The lowest BCUT2D eigenvalue weighted by Crippen LogP contribution is -2.01. The standard InChI is InChI=1S/C17H15IO2S/c18-17(20)11-13-3-1-12(2-4-13)5-10-16(19)14-6-8-15(21)9-7-14/h1-4,6-9,21H,5,10-11H2. The van der Waals surface area contributed by atoms with Crippen LogP contribution in [-0.2, 0) is 17.6 Å². The number of thiol groups is 1. The molecule has 0 fully saturated rings.